The Morgan fingerprint density at radius 3 is 2.42 bits per heavy atom. The maximum absolute atomic E-state index is 12.5. The van der Waals surface area contributed by atoms with Crippen molar-refractivity contribution in [2.24, 2.45) is 0 Å². The minimum atomic E-state index is -0.619. The molecule has 1 aliphatic rings. The zero-order chi connectivity index (χ0) is 22.2. The number of hydrogen-bond donors (Lipinski definition) is 1. The lowest BCUT2D eigenvalue weighted by Crippen LogP contribution is -2.49. The number of nitrogens with one attached hydrogen (secondary N) is 1. The maximum atomic E-state index is 12.5. The Bertz CT molecular complexity index is 868. The van der Waals surface area contributed by atoms with Crippen molar-refractivity contribution in [3.63, 3.8) is 0 Å². The summed E-state index contributed by atoms with van der Waals surface area (Å²) in [5, 5.41) is 2.60. The van der Waals surface area contributed by atoms with Crippen molar-refractivity contribution in [2.45, 2.75) is 51.7 Å². The molecular weight excluding hydrogens is 400 g/mol. The van der Waals surface area contributed by atoms with Crippen LogP contribution < -0.4 is 10.1 Å². The van der Waals surface area contributed by atoms with Crippen molar-refractivity contribution >= 4 is 17.8 Å². The largest absolute Gasteiger partial charge is 0.484 e. The van der Waals surface area contributed by atoms with Crippen LogP contribution in [0.3, 0.4) is 0 Å². The number of ether oxygens (including phenoxy) is 2. The molecule has 2 aromatic rings. The van der Waals surface area contributed by atoms with E-state index in [0.29, 0.717) is 11.5 Å². The van der Waals surface area contributed by atoms with Gasteiger partial charge in [0.15, 0.2) is 13.2 Å². The van der Waals surface area contributed by atoms with Crippen LogP contribution in [0.4, 0.5) is 0 Å². The first-order valence-corrected chi connectivity index (χ1v) is 10.4. The molecule has 0 spiro atoms. The normalized spacial score (nSPS) is 18.3. The highest BCUT2D eigenvalue weighted by molar-refractivity contribution is 5.91. The van der Waals surface area contributed by atoms with Crippen molar-refractivity contribution in [2.75, 3.05) is 13.2 Å². The Hall–Kier alpha value is -3.29. The van der Waals surface area contributed by atoms with E-state index in [-0.39, 0.29) is 36.7 Å². The Morgan fingerprint density at radius 2 is 1.77 bits per heavy atom. The second-order valence-corrected chi connectivity index (χ2v) is 7.68. The molecule has 0 bridgehead atoms. The van der Waals surface area contributed by atoms with Crippen LogP contribution in [0.15, 0.2) is 47.1 Å². The molecule has 3 rings (SSSR count). The first-order chi connectivity index (χ1) is 14.9. The smallest absolute Gasteiger partial charge is 0.338 e. The summed E-state index contributed by atoms with van der Waals surface area (Å²) in [7, 11) is 0. The quantitative estimate of drug-likeness (QED) is 0.649. The highest BCUT2D eigenvalue weighted by atomic mass is 16.5. The molecule has 1 saturated heterocycles. The molecule has 166 valence electrons. The number of nitrogens with zero attached hydrogens (tertiary/aromatic N) is 1. The number of furan rings is 1. The molecule has 1 aliphatic heterocycles. The van der Waals surface area contributed by atoms with E-state index in [1.54, 1.807) is 24.3 Å². The zero-order valence-corrected chi connectivity index (χ0v) is 17.8. The van der Waals surface area contributed by atoms with Crippen LogP contribution >= 0.6 is 0 Å². The van der Waals surface area contributed by atoms with Gasteiger partial charge in [0.2, 0.25) is 0 Å². The van der Waals surface area contributed by atoms with Gasteiger partial charge in [-0.1, -0.05) is 0 Å². The van der Waals surface area contributed by atoms with Gasteiger partial charge < -0.3 is 24.1 Å². The SMILES string of the molecule is CC1CCCC(C)N1C(=O)COc1ccc(C(=O)OCC(=O)NCc2ccco2)cc1. The standard InChI is InChI=1S/C23H28N2O6/c1-16-5-3-6-17(2)25(16)22(27)15-30-19-10-8-18(9-11-19)23(28)31-14-21(26)24-13-20-7-4-12-29-20/h4,7-12,16-17H,3,5-6,13-15H2,1-2H3,(H,24,26). The fraction of sp³-hybridized carbons (Fsp3) is 0.435. The van der Waals surface area contributed by atoms with E-state index < -0.39 is 18.5 Å². The van der Waals surface area contributed by atoms with Gasteiger partial charge >= 0.3 is 5.97 Å². The summed E-state index contributed by atoms with van der Waals surface area (Å²) in [6.07, 6.45) is 4.66. The Balaban J connectivity index is 1.42. The van der Waals surface area contributed by atoms with Crippen molar-refractivity contribution in [3.8, 4) is 5.75 Å². The molecule has 0 aliphatic carbocycles. The third kappa shape index (κ3) is 6.34. The topological polar surface area (TPSA) is 98.1 Å². The molecule has 8 heteroatoms. The molecular formula is C23H28N2O6. The van der Waals surface area contributed by atoms with Gasteiger partial charge in [-0.3, -0.25) is 9.59 Å². The number of benzene rings is 1. The van der Waals surface area contributed by atoms with E-state index in [9.17, 15) is 14.4 Å². The summed E-state index contributed by atoms with van der Waals surface area (Å²) >= 11 is 0. The molecule has 0 saturated carbocycles. The van der Waals surface area contributed by atoms with Crippen molar-refractivity contribution < 1.29 is 28.3 Å². The van der Waals surface area contributed by atoms with Crippen LogP contribution in [-0.4, -0.2) is 48.0 Å². The van der Waals surface area contributed by atoms with Gasteiger partial charge in [0.25, 0.3) is 11.8 Å². The first kappa shape index (κ1) is 22.4. The van der Waals surface area contributed by atoms with Crippen LogP contribution in [-0.2, 0) is 20.9 Å². The van der Waals surface area contributed by atoms with Gasteiger partial charge in [-0.2, -0.15) is 0 Å². The molecule has 2 heterocycles. The van der Waals surface area contributed by atoms with Gasteiger partial charge in [-0.15, -0.1) is 0 Å². The van der Waals surface area contributed by atoms with E-state index in [0.717, 1.165) is 19.3 Å². The lowest BCUT2D eigenvalue weighted by atomic mass is 9.97. The lowest BCUT2D eigenvalue weighted by Gasteiger charge is -2.38. The van der Waals surface area contributed by atoms with Crippen LogP contribution in [0.25, 0.3) is 0 Å². The van der Waals surface area contributed by atoms with E-state index in [4.69, 9.17) is 13.9 Å². The highest BCUT2D eigenvalue weighted by Crippen LogP contribution is 2.23. The first-order valence-electron chi connectivity index (χ1n) is 10.4. The minimum Gasteiger partial charge on any atom is -0.484 e. The molecule has 31 heavy (non-hydrogen) atoms. The molecule has 1 fully saturated rings. The summed E-state index contributed by atoms with van der Waals surface area (Å²) < 4.78 is 15.7. The highest BCUT2D eigenvalue weighted by Gasteiger charge is 2.29. The summed E-state index contributed by atoms with van der Waals surface area (Å²) in [6, 6.07) is 10.2. The van der Waals surface area contributed by atoms with Crippen LogP contribution in [0.2, 0.25) is 0 Å². The second-order valence-electron chi connectivity index (χ2n) is 7.68. The molecule has 8 nitrogen and oxygen atoms in total. The molecule has 1 aromatic carbocycles. The Kier molecular flexibility index (Phi) is 7.70. The predicted octanol–water partition coefficient (Wildman–Crippen LogP) is 2.92. The average molecular weight is 428 g/mol. The molecule has 2 amide bonds. The molecule has 0 radical (unpaired) electrons. The fourth-order valence-electron chi connectivity index (χ4n) is 3.68. The summed E-state index contributed by atoms with van der Waals surface area (Å²) in [4.78, 5) is 38.3. The number of hydrogen-bond acceptors (Lipinski definition) is 6. The number of esters is 1. The molecule has 2 unspecified atom stereocenters. The van der Waals surface area contributed by atoms with E-state index in [1.807, 2.05) is 4.90 Å². The number of amides is 2. The van der Waals surface area contributed by atoms with Crippen molar-refractivity contribution in [3.05, 3.63) is 54.0 Å². The molecule has 1 aromatic heterocycles. The van der Waals surface area contributed by atoms with Crippen LogP contribution in [0.5, 0.6) is 5.75 Å². The van der Waals surface area contributed by atoms with Gasteiger partial charge in [0, 0.05) is 12.1 Å². The van der Waals surface area contributed by atoms with Crippen molar-refractivity contribution in [1.29, 1.82) is 0 Å². The number of carbonyl (C=O) groups is 3. The summed E-state index contributed by atoms with van der Waals surface area (Å²) in [5.41, 5.74) is 0.288. The average Bonchev–Trinajstić information content (AvgIpc) is 3.28. The zero-order valence-electron chi connectivity index (χ0n) is 17.8. The van der Waals surface area contributed by atoms with Gasteiger partial charge in [-0.25, -0.2) is 4.79 Å². The minimum absolute atomic E-state index is 0.0382. The van der Waals surface area contributed by atoms with Crippen LogP contribution in [0.1, 0.15) is 49.2 Å². The van der Waals surface area contributed by atoms with E-state index >= 15 is 0 Å². The monoisotopic (exact) mass is 428 g/mol. The van der Waals surface area contributed by atoms with E-state index in [1.165, 1.54) is 18.4 Å². The third-order valence-corrected chi connectivity index (χ3v) is 5.31. The van der Waals surface area contributed by atoms with E-state index in [2.05, 4.69) is 19.2 Å². The number of carbonyl (C=O) groups excluding carboxylic acids is 3. The second kappa shape index (κ2) is 10.7. The summed E-state index contributed by atoms with van der Waals surface area (Å²) in [6.45, 7) is 3.91. The molecule has 2 atom stereocenters. The fourth-order valence-corrected chi connectivity index (χ4v) is 3.68. The maximum Gasteiger partial charge on any atom is 0.338 e. The third-order valence-electron chi connectivity index (χ3n) is 5.31. The number of likely N-dealkylation sites (tertiary alicyclic amines) is 1. The van der Waals surface area contributed by atoms with Gasteiger partial charge in [0.05, 0.1) is 18.4 Å². The van der Waals surface area contributed by atoms with Gasteiger partial charge in [-0.05, 0) is 69.5 Å². The predicted molar refractivity (Wildman–Crippen MR) is 112 cm³/mol. The summed E-state index contributed by atoms with van der Waals surface area (Å²) in [5.74, 6) is 0.0104. The number of rotatable bonds is 8. The lowest BCUT2D eigenvalue weighted by molar-refractivity contribution is -0.139. The Morgan fingerprint density at radius 1 is 1.06 bits per heavy atom. The van der Waals surface area contributed by atoms with Crippen molar-refractivity contribution in [1.82, 2.24) is 10.2 Å². The van der Waals surface area contributed by atoms with Gasteiger partial charge in [0.1, 0.15) is 11.5 Å². The van der Waals surface area contributed by atoms with Crippen LogP contribution in [0, 0.1) is 0 Å². The number of piperidine rings is 1. The molecule has 1 N–H and O–H groups in total. The Labute approximate surface area is 181 Å².